The van der Waals surface area contributed by atoms with Crippen LogP contribution >= 0.6 is 15.9 Å². The predicted molar refractivity (Wildman–Crippen MR) is 118 cm³/mol. The van der Waals surface area contributed by atoms with Crippen LogP contribution in [0.25, 0.3) is 11.1 Å². The monoisotopic (exact) mass is 485 g/mol. The van der Waals surface area contributed by atoms with Crippen LogP contribution in [0.15, 0.2) is 71.2 Å². The molecule has 7 heteroatoms. The molecule has 0 bridgehead atoms. The zero-order valence-electron chi connectivity index (χ0n) is 16.5. The summed E-state index contributed by atoms with van der Waals surface area (Å²) in [6, 6.07) is 20.2. The standard InChI is InChI=1S/C24H21BrFNO4/c25-22-18(10-5-11-20(22)26)23(29)21(28)12-27-24(30)31-13-19-16-8-3-1-6-14(16)15-7-2-4-9-17(15)19/h1-11,19,21,23,28-29H,12-13H2,(H,27,30). The first-order valence-electron chi connectivity index (χ1n) is 9.86. The molecule has 0 spiro atoms. The number of hydrogen-bond donors (Lipinski definition) is 3. The number of benzene rings is 3. The van der Waals surface area contributed by atoms with Crippen LogP contribution in [0.2, 0.25) is 0 Å². The Morgan fingerprint density at radius 2 is 1.61 bits per heavy atom. The number of nitrogens with one attached hydrogen (secondary N) is 1. The maximum Gasteiger partial charge on any atom is 0.407 e. The predicted octanol–water partition coefficient (Wildman–Crippen LogP) is 4.52. The molecule has 0 aromatic heterocycles. The number of aliphatic hydroxyl groups excluding tert-OH is 2. The summed E-state index contributed by atoms with van der Waals surface area (Å²) in [6.07, 6.45) is -3.41. The molecule has 1 aliphatic carbocycles. The van der Waals surface area contributed by atoms with Gasteiger partial charge in [0.05, 0.1) is 4.47 Å². The minimum Gasteiger partial charge on any atom is -0.449 e. The average Bonchev–Trinajstić information content (AvgIpc) is 3.11. The maximum absolute atomic E-state index is 13.6. The van der Waals surface area contributed by atoms with E-state index in [9.17, 15) is 19.4 Å². The van der Waals surface area contributed by atoms with Crippen molar-refractivity contribution in [3.05, 3.63) is 93.7 Å². The molecule has 1 aliphatic rings. The minimum absolute atomic E-state index is 0.0719. The quantitative estimate of drug-likeness (QED) is 0.479. The Morgan fingerprint density at radius 1 is 1.00 bits per heavy atom. The average molecular weight is 486 g/mol. The van der Waals surface area contributed by atoms with Crippen molar-refractivity contribution >= 4 is 22.0 Å². The van der Waals surface area contributed by atoms with Gasteiger partial charge in [-0.05, 0) is 44.3 Å². The highest BCUT2D eigenvalue weighted by Gasteiger charge is 2.29. The Labute approximate surface area is 187 Å². The number of amides is 1. The molecule has 3 aromatic rings. The van der Waals surface area contributed by atoms with Crippen LogP contribution in [0.3, 0.4) is 0 Å². The van der Waals surface area contributed by atoms with E-state index in [1.807, 2.05) is 36.4 Å². The van der Waals surface area contributed by atoms with Crippen LogP contribution in [0.1, 0.15) is 28.7 Å². The summed E-state index contributed by atoms with van der Waals surface area (Å²) in [5.41, 5.74) is 4.66. The number of carbonyl (C=O) groups excluding carboxylic acids is 1. The Kier molecular flexibility index (Phi) is 6.36. The molecule has 3 aromatic carbocycles. The number of rotatable bonds is 6. The van der Waals surface area contributed by atoms with E-state index in [4.69, 9.17) is 4.74 Å². The van der Waals surface area contributed by atoms with E-state index in [0.717, 1.165) is 22.3 Å². The van der Waals surface area contributed by atoms with E-state index >= 15 is 0 Å². The van der Waals surface area contributed by atoms with E-state index in [1.165, 1.54) is 18.2 Å². The van der Waals surface area contributed by atoms with E-state index in [0.29, 0.717) is 0 Å². The summed E-state index contributed by atoms with van der Waals surface area (Å²) in [5.74, 6) is -0.620. The topological polar surface area (TPSA) is 78.8 Å². The van der Waals surface area contributed by atoms with Crippen molar-refractivity contribution < 1.29 is 24.1 Å². The van der Waals surface area contributed by atoms with Crippen LogP contribution in [0.4, 0.5) is 9.18 Å². The van der Waals surface area contributed by atoms with Gasteiger partial charge in [-0.15, -0.1) is 0 Å². The molecule has 31 heavy (non-hydrogen) atoms. The van der Waals surface area contributed by atoms with Crippen LogP contribution in [-0.4, -0.2) is 35.6 Å². The molecule has 1 amide bonds. The highest BCUT2D eigenvalue weighted by atomic mass is 79.9. The minimum atomic E-state index is -1.38. The number of halogens is 2. The second-order valence-corrected chi connectivity index (χ2v) is 8.15. The molecule has 0 aliphatic heterocycles. The lowest BCUT2D eigenvalue weighted by molar-refractivity contribution is 0.0179. The van der Waals surface area contributed by atoms with Gasteiger partial charge in [-0.3, -0.25) is 0 Å². The third-order valence-corrected chi connectivity index (χ3v) is 6.30. The molecule has 2 atom stereocenters. The van der Waals surface area contributed by atoms with E-state index in [1.54, 1.807) is 0 Å². The Morgan fingerprint density at radius 3 is 2.26 bits per heavy atom. The number of alkyl carbamates (subject to hydrolysis) is 1. The Balaban J connectivity index is 1.35. The van der Waals surface area contributed by atoms with Crippen molar-refractivity contribution in [2.75, 3.05) is 13.2 Å². The maximum atomic E-state index is 13.6. The zero-order chi connectivity index (χ0) is 22.0. The van der Waals surface area contributed by atoms with E-state index < -0.39 is 24.1 Å². The Bertz CT molecular complexity index is 1060. The number of ether oxygens (including phenoxy) is 1. The van der Waals surface area contributed by atoms with Crippen molar-refractivity contribution in [1.29, 1.82) is 0 Å². The van der Waals surface area contributed by atoms with Crippen molar-refractivity contribution in [1.82, 2.24) is 5.32 Å². The summed E-state index contributed by atoms with van der Waals surface area (Å²) >= 11 is 3.06. The lowest BCUT2D eigenvalue weighted by Gasteiger charge is -2.20. The van der Waals surface area contributed by atoms with Crippen LogP contribution < -0.4 is 5.32 Å². The van der Waals surface area contributed by atoms with Crippen molar-refractivity contribution in [3.63, 3.8) is 0 Å². The molecule has 4 rings (SSSR count). The summed E-state index contributed by atoms with van der Waals surface area (Å²) in [7, 11) is 0. The second kappa shape index (κ2) is 9.18. The smallest absolute Gasteiger partial charge is 0.407 e. The fourth-order valence-corrected chi connectivity index (χ4v) is 4.40. The van der Waals surface area contributed by atoms with Gasteiger partial charge in [0.1, 0.15) is 24.6 Å². The molecule has 5 nitrogen and oxygen atoms in total. The van der Waals surface area contributed by atoms with Crippen molar-refractivity contribution in [3.8, 4) is 11.1 Å². The first-order chi connectivity index (χ1) is 15.0. The van der Waals surface area contributed by atoms with Crippen molar-refractivity contribution in [2.45, 2.75) is 18.1 Å². The summed E-state index contributed by atoms with van der Waals surface area (Å²) in [5, 5.41) is 23.0. The first-order valence-corrected chi connectivity index (χ1v) is 10.7. The number of hydrogen-bond acceptors (Lipinski definition) is 4. The highest BCUT2D eigenvalue weighted by Crippen LogP contribution is 2.44. The fraction of sp³-hybridized carbons (Fsp3) is 0.208. The largest absolute Gasteiger partial charge is 0.449 e. The molecule has 2 unspecified atom stereocenters. The molecule has 3 N–H and O–H groups in total. The Hall–Kier alpha value is -2.74. The summed E-state index contributed by atoms with van der Waals surface area (Å²) in [4.78, 5) is 12.2. The highest BCUT2D eigenvalue weighted by molar-refractivity contribution is 9.10. The van der Waals surface area contributed by atoms with Crippen LogP contribution in [0, 0.1) is 5.82 Å². The van der Waals surface area contributed by atoms with Crippen LogP contribution in [-0.2, 0) is 4.74 Å². The number of aliphatic hydroxyl groups is 2. The normalized spacial score (nSPS) is 14.5. The van der Waals surface area contributed by atoms with Gasteiger partial charge in [-0.25, -0.2) is 9.18 Å². The summed E-state index contributed by atoms with van der Waals surface area (Å²) in [6.45, 7) is -0.102. The summed E-state index contributed by atoms with van der Waals surface area (Å²) < 4.78 is 19.1. The third kappa shape index (κ3) is 4.35. The molecule has 0 heterocycles. The van der Waals surface area contributed by atoms with Gasteiger partial charge in [-0.2, -0.15) is 0 Å². The van der Waals surface area contributed by atoms with Gasteiger partial charge >= 0.3 is 6.09 Å². The molecular formula is C24H21BrFNO4. The van der Waals surface area contributed by atoms with E-state index in [2.05, 4.69) is 33.4 Å². The number of carbonyl (C=O) groups is 1. The van der Waals surface area contributed by atoms with Crippen molar-refractivity contribution in [2.24, 2.45) is 0 Å². The zero-order valence-corrected chi connectivity index (χ0v) is 18.0. The lowest BCUT2D eigenvalue weighted by Crippen LogP contribution is -2.36. The molecule has 0 fully saturated rings. The molecule has 0 saturated heterocycles. The molecular weight excluding hydrogens is 465 g/mol. The number of fused-ring (bicyclic) bond motifs is 3. The van der Waals surface area contributed by atoms with Gasteiger partial charge in [0.2, 0.25) is 0 Å². The third-order valence-electron chi connectivity index (χ3n) is 5.46. The van der Waals surface area contributed by atoms with Gasteiger partial charge < -0.3 is 20.3 Å². The second-order valence-electron chi connectivity index (χ2n) is 7.36. The van der Waals surface area contributed by atoms with Gasteiger partial charge in [0.25, 0.3) is 0 Å². The fourth-order valence-electron chi connectivity index (χ4n) is 3.91. The molecule has 0 radical (unpaired) electrons. The van der Waals surface area contributed by atoms with Gasteiger partial charge in [0, 0.05) is 18.0 Å². The SMILES string of the molecule is O=C(NCC(O)C(O)c1cccc(F)c1Br)OCC1c2ccccc2-c2ccccc21. The lowest BCUT2D eigenvalue weighted by atomic mass is 9.98. The van der Waals surface area contributed by atoms with E-state index in [-0.39, 0.29) is 29.1 Å². The molecule has 160 valence electrons. The van der Waals surface area contributed by atoms with Gasteiger partial charge in [-0.1, -0.05) is 60.7 Å². The van der Waals surface area contributed by atoms with Gasteiger partial charge in [0.15, 0.2) is 0 Å². The molecule has 0 saturated carbocycles. The first kappa shape index (κ1) is 21.5. The van der Waals surface area contributed by atoms with Crippen LogP contribution in [0.5, 0.6) is 0 Å².